The van der Waals surface area contributed by atoms with Crippen molar-refractivity contribution < 1.29 is 9.90 Å². The fourth-order valence-electron chi connectivity index (χ4n) is 5.38. The number of carboxylic acids is 1. The number of aromatic nitrogens is 7. The van der Waals surface area contributed by atoms with Crippen LogP contribution in [0.2, 0.25) is 0 Å². The average Bonchev–Trinajstić information content (AvgIpc) is 3.26. The second kappa shape index (κ2) is 10.1. The first-order valence-corrected chi connectivity index (χ1v) is 12.7. The van der Waals surface area contributed by atoms with Crippen LogP contribution in [0.1, 0.15) is 50.9 Å². The van der Waals surface area contributed by atoms with E-state index in [1.54, 1.807) is 21.5 Å². The molecular formula is C27H31N7O3. The molecule has 3 atom stereocenters. The number of imidazole rings is 1. The minimum absolute atomic E-state index is 0.0443. The molecule has 0 amide bonds. The van der Waals surface area contributed by atoms with Crippen molar-refractivity contribution in [1.29, 1.82) is 0 Å². The molecule has 5 rings (SSSR count). The maximum absolute atomic E-state index is 13.7. The van der Waals surface area contributed by atoms with Gasteiger partial charge in [0, 0.05) is 29.8 Å². The summed E-state index contributed by atoms with van der Waals surface area (Å²) in [6.45, 7) is 6.52. The Bertz CT molecular complexity index is 1440. The average molecular weight is 502 g/mol. The number of tetrazole rings is 1. The molecule has 3 unspecified atom stereocenters. The van der Waals surface area contributed by atoms with E-state index in [0.29, 0.717) is 12.4 Å². The summed E-state index contributed by atoms with van der Waals surface area (Å²) >= 11 is 0. The van der Waals surface area contributed by atoms with Gasteiger partial charge in [-0.05, 0) is 57.9 Å². The van der Waals surface area contributed by atoms with Gasteiger partial charge in [0.2, 0.25) is 0 Å². The summed E-state index contributed by atoms with van der Waals surface area (Å²) in [5.41, 5.74) is 4.52. The summed E-state index contributed by atoms with van der Waals surface area (Å²) < 4.78 is 3.46. The number of nitrogens with zero attached hydrogens (tertiary/aromatic N) is 6. The van der Waals surface area contributed by atoms with Gasteiger partial charge in [-0.1, -0.05) is 51.5 Å². The Labute approximate surface area is 214 Å². The number of nitrogens with one attached hydrogen (secondary N) is 1. The Kier molecular flexibility index (Phi) is 6.73. The van der Waals surface area contributed by atoms with Crippen molar-refractivity contribution in [3.8, 4) is 22.5 Å². The minimum Gasteiger partial charge on any atom is -0.481 e. The highest BCUT2D eigenvalue weighted by molar-refractivity contribution is 5.75. The van der Waals surface area contributed by atoms with Crippen molar-refractivity contribution in [2.75, 3.05) is 0 Å². The van der Waals surface area contributed by atoms with Crippen LogP contribution in [-0.4, -0.2) is 45.8 Å². The SMILES string of the molecule is CCCCc1cn(C2C(C(=O)O)C2C(C)C)c(=O)n1Cc1cnccc1-c1ccc(-c2nnn[nH]2)cc1. The van der Waals surface area contributed by atoms with Crippen LogP contribution < -0.4 is 5.69 Å². The van der Waals surface area contributed by atoms with Gasteiger partial charge in [0.05, 0.1) is 18.5 Å². The molecule has 0 bridgehead atoms. The summed E-state index contributed by atoms with van der Waals surface area (Å²) in [5.74, 6) is -0.634. The van der Waals surface area contributed by atoms with Crippen molar-refractivity contribution in [2.24, 2.45) is 17.8 Å². The van der Waals surface area contributed by atoms with Crippen LogP contribution >= 0.6 is 0 Å². The standard InChI is InChI=1S/C27H31N7O3/c1-4-5-6-20-15-34(24-22(16(2)3)23(24)26(35)36)27(37)33(20)14-19-13-28-12-11-21(19)17-7-9-18(10-8-17)25-29-31-32-30-25/h7-13,15-16,22-24H,4-6,14H2,1-3H3,(H,35,36)(H,29,30,31,32). The topological polar surface area (TPSA) is 132 Å². The number of hydrogen-bond acceptors (Lipinski definition) is 6. The fourth-order valence-corrected chi connectivity index (χ4v) is 5.38. The highest BCUT2D eigenvalue weighted by atomic mass is 16.4. The lowest BCUT2D eigenvalue weighted by molar-refractivity contribution is -0.139. The number of pyridine rings is 1. The minimum atomic E-state index is -0.836. The molecule has 0 aliphatic heterocycles. The molecule has 0 radical (unpaired) electrons. The molecule has 0 saturated heterocycles. The molecule has 37 heavy (non-hydrogen) atoms. The number of rotatable bonds is 10. The Balaban J connectivity index is 1.50. The van der Waals surface area contributed by atoms with E-state index >= 15 is 0 Å². The van der Waals surface area contributed by atoms with Crippen molar-refractivity contribution in [2.45, 2.75) is 52.6 Å². The number of H-pyrrole nitrogens is 1. The molecule has 3 aromatic heterocycles. The van der Waals surface area contributed by atoms with Gasteiger partial charge in [-0.2, -0.15) is 0 Å². The van der Waals surface area contributed by atoms with Gasteiger partial charge in [0.15, 0.2) is 5.82 Å². The largest absolute Gasteiger partial charge is 0.481 e. The molecule has 3 heterocycles. The quantitative estimate of drug-likeness (QED) is 0.338. The number of hydrogen-bond donors (Lipinski definition) is 2. The molecule has 10 nitrogen and oxygen atoms in total. The first-order valence-electron chi connectivity index (χ1n) is 12.7. The molecule has 4 aromatic rings. The predicted octanol–water partition coefficient (Wildman–Crippen LogP) is 3.81. The van der Waals surface area contributed by atoms with Gasteiger partial charge in [-0.15, -0.1) is 5.10 Å². The van der Waals surface area contributed by atoms with Crippen molar-refractivity contribution in [1.82, 2.24) is 34.7 Å². The molecule has 10 heteroatoms. The molecule has 2 N–H and O–H groups in total. The molecule has 1 aliphatic carbocycles. The lowest BCUT2D eigenvalue weighted by Gasteiger charge is -2.12. The summed E-state index contributed by atoms with van der Waals surface area (Å²) in [4.78, 5) is 29.9. The van der Waals surface area contributed by atoms with Crippen LogP contribution in [0.4, 0.5) is 0 Å². The van der Waals surface area contributed by atoms with Gasteiger partial charge in [0.25, 0.3) is 0 Å². The van der Waals surface area contributed by atoms with E-state index in [0.717, 1.165) is 47.2 Å². The van der Waals surface area contributed by atoms with Crippen LogP contribution in [-0.2, 0) is 17.8 Å². The van der Waals surface area contributed by atoms with Gasteiger partial charge in [-0.3, -0.25) is 18.9 Å². The van der Waals surface area contributed by atoms with E-state index in [1.807, 2.05) is 50.4 Å². The molecule has 1 fully saturated rings. The van der Waals surface area contributed by atoms with Gasteiger partial charge in [0.1, 0.15) is 0 Å². The van der Waals surface area contributed by atoms with Crippen molar-refractivity contribution in [3.05, 3.63) is 70.7 Å². The van der Waals surface area contributed by atoms with Crippen LogP contribution in [0.25, 0.3) is 22.5 Å². The second-order valence-corrected chi connectivity index (χ2v) is 10.0. The van der Waals surface area contributed by atoms with Crippen LogP contribution in [0.5, 0.6) is 0 Å². The summed E-state index contributed by atoms with van der Waals surface area (Å²) in [7, 11) is 0. The van der Waals surface area contributed by atoms with E-state index in [9.17, 15) is 14.7 Å². The number of unbranched alkanes of at least 4 members (excludes halogenated alkanes) is 1. The first-order chi connectivity index (χ1) is 17.9. The summed E-state index contributed by atoms with van der Waals surface area (Å²) in [6, 6.07) is 9.53. The zero-order valence-corrected chi connectivity index (χ0v) is 21.2. The van der Waals surface area contributed by atoms with Crippen LogP contribution in [0.3, 0.4) is 0 Å². The number of aliphatic carboxylic acids is 1. The third kappa shape index (κ3) is 4.71. The Morgan fingerprint density at radius 1 is 1.16 bits per heavy atom. The Morgan fingerprint density at radius 3 is 2.54 bits per heavy atom. The Hall–Kier alpha value is -4.08. The maximum atomic E-state index is 13.7. The monoisotopic (exact) mass is 501 g/mol. The number of aromatic amines is 1. The molecule has 0 spiro atoms. The maximum Gasteiger partial charge on any atom is 0.328 e. The van der Waals surface area contributed by atoms with Gasteiger partial charge in [-0.25, -0.2) is 9.89 Å². The zero-order chi connectivity index (χ0) is 26.1. The summed E-state index contributed by atoms with van der Waals surface area (Å²) in [6.07, 6.45) is 8.13. The van der Waals surface area contributed by atoms with E-state index in [1.165, 1.54) is 0 Å². The smallest absolute Gasteiger partial charge is 0.328 e. The molecule has 1 saturated carbocycles. The molecule has 1 aliphatic rings. The van der Waals surface area contributed by atoms with E-state index in [2.05, 4.69) is 32.5 Å². The molecule has 1 aromatic carbocycles. The highest BCUT2D eigenvalue weighted by Crippen LogP contribution is 2.54. The molecular weight excluding hydrogens is 470 g/mol. The number of benzene rings is 1. The number of aryl methyl sites for hydroxylation is 1. The number of carbonyl (C=O) groups is 1. The van der Waals surface area contributed by atoms with Gasteiger partial charge < -0.3 is 5.11 Å². The number of carboxylic acid groups (broad SMARTS) is 1. The second-order valence-electron chi connectivity index (χ2n) is 10.0. The van der Waals surface area contributed by atoms with Crippen molar-refractivity contribution in [3.63, 3.8) is 0 Å². The van der Waals surface area contributed by atoms with E-state index in [-0.39, 0.29) is 23.6 Å². The first kappa shape index (κ1) is 24.6. The zero-order valence-electron chi connectivity index (χ0n) is 21.2. The van der Waals surface area contributed by atoms with E-state index in [4.69, 9.17) is 0 Å². The van der Waals surface area contributed by atoms with Crippen molar-refractivity contribution >= 4 is 5.97 Å². The lowest BCUT2D eigenvalue weighted by atomic mass is 10.00. The third-order valence-corrected chi connectivity index (χ3v) is 7.33. The van der Waals surface area contributed by atoms with Crippen LogP contribution in [0, 0.1) is 17.8 Å². The normalized spacial score (nSPS) is 18.9. The van der Waals surface area contributed by atoms with Crippen LogP contribution in [0.15, 0.2) is 53.7 Å². The lowest BCUT2D eigenvalue weighted by Crippen LogP contribution is -2.26. The van der Waals surface area contributed by atoms with Gasteiger partial charge >= 0.3 is 11.7 Å². The predicted molar refractivity (Wildman–Crippen MR) is 138 cm³/mol. The Morgan fingerprint density at radius 2 is 1.92 bits per heavy atom. The summed E-state index contributed by atoms with van der Waals surface area (Å²) in [5, 5.41) is 23.7. The third-order valence-electron chi connectivity index (χ3n) is 7.33. The highest BCUT2D eigenvalue weighted by Gasteiger charge is 2.58. The fraction of sp³-hybridized carbons (Fsp3) is 0.407. The van der Waals surface area contributed by atoms with E-state index < -0.39 is 11.9 Å². The molecule has 192 valence electrons.